The number of nitrogens with zero attached hydrogens (tertiary/aromatic N) is 1. The van der Waals surface area contributed by atoms with Gasteiger partial charge in [0.05, 0.1) is 6.54 Å². The van der Waals surface area contributed by atoms with Crippen molar-refractivity contribution in [2.75, 3.05) is 13.1 Å². The third-order valence-electron chi connectivity index (χ3n) is 2.80. The van der Waals surface area contributed by atoms with Gasteiger partial charge in [-0.05, 0) is 39.4 Å². The molecule has 0 radical (unpaired) electrons. The van der Waals surface area contributed by atoms with E-state index >= 15 is 0 Å². The van der Waals surface area contributed by atoms with Crippen molar-refractivity contribution in [3.63, 3.8) is 0 Å². The van der Waals surface area contributed by atoms with Gasteiger partial charge in [0.1, 0.15) is 0 Å². The Balaban J connectivity index is 2.56. The first-order valence-corrected chi connectivity index (χ1v) is 6.23. The van der Waals surface area contributed by atoms with Crippen molar-refractivity contribution in [1.82, 2.24) is 15.5 Å². The summed E-state index contributed by atoms with van der Waals surface area (Å²) >= 11 is 5.30. The molecule has 0 aromatic heterocycles. The Morgan fingerprint density at radius 2 is 2.41 bits per heavy atom. The van der Waals surface area contributed by atoms with Crippen molar-refractivity contribution in [2.45, 2.75) is 38.8 Å². The first-order chi connectivity index (χ1) is 7.85. The standard InChI is InChI=1S/C12H21N3OS/c1-5-6-13-10(16)8-15-9(2)7-12(3,4)14-11(15)17/h5,9H,1,6-8H2,2-4H3,(H,13,16)(H,14,17)/t9-/m1/s1. The van der Waals surface area contributed by atoms with Crippen LogP contribution in [0.5, 0.6) is 0 Å². The summed E-state index contributed by atoms with van der Waals surface area (Å²) in [4.78, 5) is 13.6. The summed E-state index contributed by atoms with van der Waals surface area (Å²) in [5.74, 6) is -0.0272. The molecule has 96 valence electrons. The van der Waals surface area contributed by atoms with E-state index in [2.05, 4.69) is 38.0 Å². The smallest absolute Gasteiger partial charge is 0.239 e. The Hall–Kier alpha value is -1.10. The SMILES string of the molecule is C=CCNC(=O)CN1C(=S)NC(C)(C)C[C@H]1C. The average molecular weight is 255 g/mol. The van der Waals surface area contributed by atoms with Crippen LogP contribution < -0.4 is 10.6 Å². The summed E-state index contributed by atoms with van der Waals surface area (Å²) in [7, 11) is 0. The molecule has 0 aromatic carbocycles. The Kier molecular flexibility index (Phi) is 4.51. The Bertz CT molecular complexity index is 328. The van der Waals surface area contributed by atoms with Crippen LogP contribution in [0.4, 0.5) is 0 Å². The number of amides is 1. The zero-order valence-corrected chi connectivity index (χ0v) is 11.6. The number of thiocarbonyl (C=S) groups is 1. The fourth-order valence-corrected chi connectivity index (χ4v) is 2.61. The molecule has 0 saturated carbocycles. The minimum Gasteiger partial charge on any atom is -0.358 e. The molecule has 1 saturated heterocycles. The number of carbonyl (C=O) groups is 1. The zero-order chi connectivity index (χ0) is 13.1. The van der Waals surface area contributed by atoms with Crippen LogP contribution in [0.2, 0.25) is 0 Å². The van der Waals surface area contributed by atoms with Crippen LogP contribution in [-0.2, 0) is 4.79 Å². The molecule has 4 nitrogen and oxygen atoms in total. The minimum absolute atomic E-state index is 0.00456. The van der Waals surface area contributed by atoms with Crippen molar-refractivity contribution in [2.24, 2.45) is 0 Å². The highest BCUT2D eigenvalue weighted by Crippen LogP contribution is 2.21. The number of hydrogen-bond donors (Lipinski definition) is 2. The normalized spacial score (nSPS) is 22.9. The summed E-state index contributed by atoms with van der Waals surface area (Å²) in [5.41, 5.74) is 0.00456. The molecule has 1 heterocycles. The lowest BCUT2D eigenvalue weighted by Gasteiger charge is -2.44. The van der Waals surface area contributed by atoms with Crippen LogP contribution in [0.15, 0.2) is 12.7 Å². The molecular weight excluding hydrogens is 234 g/mol. The zero-order valence-electron chi connectivity index (χ0n) is 10.7. The summed E-state index contributed by atoms with van der Waals surface area (Å²) < 4.78 is 0. The molecule has 17 heavy (non-hydrogen) atoms. The van der Waals surface area contributed by atoms with Crippen molar-refractivity contribution >= 4 is 23.2 Å². The van der Waals surface area contributed by atoms with Gasteiger partial charge in [-0.2, -0.15) is 0 Å². The minimum atomic E-state index is -0.0272. The maximum Gasteiger partial charge on any atom is 0.239 e. The van der Waals surface area contributed by atoms with E-state index in [1.807, 2.05) is 4.90 Å². The van der Waals surface area contributed by atoms with E-state index in [0.717, 1.165) is 6.42 Å². The highest BCUT2D eigenvalue weighted by atomic mass is 32.1. The molecule has 1 aliphatic rings. The first kappa shape index (κ1) is 14.0. The van der Waals surface area contributed by atoms with Gasteiger partial charge in [0.15, 0.2) is 5.11 Å². The van der Waals surface area contributed by atoms with Gasteiger partial charge in [-0.25, -0.2) is 0 Å². The summed E-state index contributed by atoms with van der Waals surface area (Å²) in [5, 5.41) is 6.67. The van der Waals surface area contributed by atoms with Crippen LogP contribution in [0.3, 0.4) is 0 Å². The molecule has 0 aromatic rings. The fourth-order valence-electron chi connectivity index (χ4n) is 2.09. The van der Waals surface area contributed by atoms with Gasteiger partial charge >= 0.3 is 0 Å². The second-order valence-electron chi connectivity index (χ2n) is 5.09. The van der Waals surface area contributed by atoms with E-state index in [9.17, 15) is 4.79 Å². The first-order valence-electron chi connectivity index (χ1n) is 5.82. The van der Waals surface area contributed by atoms with E-state index in [4.69, 9.17) is 12.2 Å². The van der Waals surface area contributed by atoms with Crippen LogP contribution in [0.1, 0.15) is 27.2 Å². The molecule has 1 amide bonds. The monoisotopic (exact) mass is 255 g/mol. The second-order valence-corrected chi connectivity index (χ2v) is 5.47. The predicted molar refractivity (Wildman–Crippen MR) is 73.8 cm³/mol. The van der Waals surface area contributed by atoms with Gasteiger partial charge in [-0.1, -0.05) is 6.08 Å². The highest BCUT2D eigenvalue weighted by Gasteiger charge is 2.33. The number of hydrogen-bond acceptors (Lipinski definition) is 2. The highest BCUT2D eigenvalue weighted by molar-refractivity contribution is 7.80. The molecule has 1 rings (SSSR count). The topological polar surface area (TPSA) is 44.4 Å². The molecule has 2 N–H and O–H groups in total. The lowest BCUT2D eigenvalue weighted by Crippen LogP contribution is -2.61. The third-order valence-corrected chi connectivity index (χ3v) is 3.14. The summed E-state index contributed by atoms with van der Waals surface area (Å²) in [6.45, 7) is 10.7. The predicted octanol–water partition coefficient (Wildman–Crippen LogP) is 1.04. The van der Waals surface area contributed by atoms with Gasteiger partial charge in [0.25, 0.3) is 0 Å². The average Bonchev–Trinajstić information content (AvgIpc) is 2.19. The lowest BCUT2D eigenvalue weighted by molar-refractivity contribution is -0.121. The van der Waals surface area contributed by atoms with Crippen molar-refractivity contribution in [1.29, 1.82) is 0 Å². The summed E-state index contributed by atoms with van der Waals surface area (Å²) in [6, 6.07) is 0.272. The maximum absolute atomic E-state index is 11.6. The van der Waals surface area contributed by atoms with E-state index < -0.39 is 0 Å². The van der Waals surface area contributed by atoms with Gasteiger partial charge < -0.3 is 15.5 Å². The Morgan fingerprint density at radius 3 is 2.94 bits per heavy atom. The molecule has 1 fully saturated rings. The molecular formula is C12H21N3OS. The van der Waals surface area contributed by atoms with E-state index in [1.54, 1.807) is 6.08 Å². The van der Waals surface area contributed by atoms with Gasteiger partial charge in [0, 0.05) is 18.1 Å². The van der Waals surface area contributed by atoms with Gasteiger partial charge in [-0.15, -0.1) is 6.58 Å². The third kappa shape index (κ3) is 4.00. The van der Waals surface area contributed by atoms with E-state index in [-0.39, 0.29) is 17.5 Å². The largest absolute Gasteiger partial charge is 0.358 e. The number of nitrogens with one attached hydrogen (secondary N) is 2. The molecule has 0 aliphatic carbocycles. The molecule has 5 heteroatoms. The Labute approximate surface area is 108 Å². The van der Waals surface area contributed by atoms with Crippen LogP contribution in [0.25, 0.3) is 0 Å². The lowest BCUT2D eigenvalue weighted by atomic mass is 9.93. The molecule has 0 bridgehead atoms. The molecule has 0 unspecified atom stereocenters. The molecule has 1 atom stereocenters. The van der Waals surface area contributed by atoms with Crippen molar-refractivity contribution in [3.8, 4) is 0 Å². The maximum atomic E-state index is 11.6. The van der Waals surface area contributed by atoms with E-state index in [0.29, 0.717) is 18.2 Å². The van der Waals surface area contributed by atoms with Crippen molar-refractivity contribution in [3.05, 3.63) is 12.7 Å². The Morgan fingerprint density at radius 1 is 1.76 bits per heavy atom. The fraction of sp³-hybridized carbons (Fsp3) is 0.667. The number of rotatable bonds is 4. The molecule has 1 aliphatic heterocycles. The quantitative estimate of drug-likeness (QED) is 0.582. The van der Waals surface area contributed by atoms with E-state index in [1.165, 1.54) is 0 Å². The van der Waals surface area contributed by atoms with Crippen molar-refractivity contribution < 1.29 is 4.79 Å². The van der Waals surface area contributed by atoms with Gasteiger partial charge in [-0.3, -0.25) is 4.79 Å². The number of carbonyl (C=O) groups excluding carboxylic acids is 1. The van der Waals surface area contributed by atoms with Gasteiger partial charge in [0.2, 0.25) is 5.91 Å². The van der Waals surface area contributed by atoms with Crippen LogP contribution in [-0.4, -0.2) is 40.6 Å². The molecule has 0 spiro atoms. The second kappa shape index (κ2) is 5.49. The van der Waals surface area contributed by atoms with Crippen LogP contribution >= 0.6 is 12.2 Å². The summed E-state index contributed by atoms with van der Waals surface area (Å²) in [6.07, 6.45) is 2.62. The van der Waals surface area contributed by atoms with Crippen LogP contribution in [0, 0.1) is 0 Å².